The van der Waals surface area contributed by atoms with E-state index >= 15 is 0 Å². The Kier molecular flexibility index (Phi) is 5.95. The SMILES string of the molecule is Cc1cccc(Cn2c(C)c(C(=O)C(N)=O)c3c(OCC(=O)O)c4ccccc4cc32)c1Br. The molecule has 7 nitrogen and oxygen atoms in total. The average Bonchev–Trinajstić information content (AvgIpc) is 3.04. The molecule has 1 aromatic heterocycles. The summed E-state index contributed by atoms with van der Waals surface area (Å²) in [6, 6.07) is 15.1. The number of aliphatic carboxylic acids is 1. The lowest BCUT2D eigenvalue weighted by Gasteiger charge is -2.14. The van der Waals surface area contributed by atoms with Gasteiger partial charge in [0.05, 0.1) is 16.5 Å². The highest BCUT2D eigenvalue weighted by molar-refractivity contribution is 9.10. The highest BCUT2D eigenvalue weighted by Gasteiger charge is 2.28. The minimum atomic E-state index is -1.15. The molecule has 0 atom stereocenters. The number of nitrogens with zero attached hydrogens (tertiary/aromatic N) is 1. The number of hydrogen-bond acceptors (Lipinski definition) is 4. The monoisotopic (exact) mass is 508 g/mol. The molecule has 3 aromatic carbocycles. The number of carbonyl (C=O) groups is 3. The fraction of sp³-hybridized carbons (Fsp3) is 0.160. The molecule has 0 unspecified atom stereocenters. The van der Waals surface area contributed by atoms with E-state index < -0.39 is 24.3 Å². The third kappa shape index (κ3) is 3.98. The summed E-state index contributed by atoms with van der Waals surface area (Å²) in [6.45, 7) is 3.54. The Labute approximate surface area is 197 Å². The van der Waals surface area contributed by atoms with Gasteiger partial charge in [-0.1, -0.05) is 58.4 Å². The van der Waals surface area contributed by atoms with Gasteiger partial charge in [0.15, 0.2) is 6.61 Å². The molecule has 0 saturated carbocycles. The normalized spacial score (nSPS) is 11.1. The first-order chi connectivity index (χ1) is 15.7. The van der Waals surface area contributed by atoms with E-state index in [0.717, 1.165) is 21.0 Å². The number of rotatable bonds is 7. The number of fused-ring (bicyclic) bond motifs is 2. The van der Waals surface area contributed by atoms with Crippen molar-refractivity contribution in [2.45, 2.75) is 20.4 Å². The molecule has 1 heterocycles. The van der Waals surface area contributed by atoms with Crippen LogP contribution in [0.1, 0.15) is 27.2 Å². The molecular weight excluding hydrogens is 488 g/mol. The molecule has 0 spiro atoms. The van der Waals surface area contributed by atoms with Crippen LogP contribution in [0.25, 0.3) is 21.7 Å². The lowest BCUT2D eigenvalue weighted by atomic mass is 10.0. The van der Waals surface area contributed by atoms with Crippen LogP contribution in [-0.4, -0.2) is 33.9 Å². The Balaban J connectivity index is 2.09. The number of nitrogens with two attached hydrogens (primary N) is 1. The fourth-order valence-electron chi connectivity index (χ4n) is 4.14. The summed E-state index contributed by atoms with van der Waals surface area (Å²) >= 11 is 3.64. The number of benzene rings is 3. The van der Waals surface area contributed by atoms with Crippen molar-refractivity contribution >= 4 is 55.3 Å². The maximum absolute atomic E-state index is 12.9. The number of aromatic nitrogens is 1. The largest absolute Gasteiger partial charge is 0.481 e. The first-order valence-corrected chi connectivity index (χ1v) is 11.0. The second-order valence-corrected chi connectivity index (χ2v) is 8.58. The van der Waals surface area contributed by atoms with Crippen LogP contribution < -0.4 is 10.5 Å². The minimum absolute atomic E-state index is 0.118. The van der Waals surface area contributed by atoms with E-state index in [1.54, 1.807) is 19.1 Å². The standard InChI is InChI=1S/C25H21BrN2O5/c1-13-6-5-8-16(22(13)26)11-28-14(2)20(23(31)25(27)32)21-18(28)10-15-7-3-4-9-17(15)24(21)33-12-19(29)30/h3-10H,11-12H2,1-2H3,(H2,27,32)(H,29,30). The van der Waals surface area contributed by atoms with Crippen LogP contribution in [0.15, 0.2) is 53.0 Å². The Morgan fingerprint density at radius 2 is 1.82 bits per heavy atom. The molecule has 0 saturated heterocycles. The van der Waals surface area contributed by atoms with Crippen LogP contribution in [0.4, 0.5) is 0 Å². The number of halogens is 1. The van der Waals surface area contributed by atoms with Crippen molar-refractivity contribution in [3.05, 3.63) is 75.4 Å². The molecule has 0 aliphatic rings. The van der Waals surface area contributed by atoms with Gasteiger partial charge in [-0.2, -0.15) is 0 Å². The van der Waals surface area contributed by atoms with E-state index in [9.17, 15) is 19.5 Å². The first kappa shape index (κ1) is 22.5. The number of Topliss-reactive ketones (excluding diaryl/α,β-unsaturated/α-hetero) is 1. The van der Waals surface area contributed by atoms with Crippen molar-refractivity contribution in [3.63, 3.8) is 0 Å². The predicted molar refractivity (Wildman–Crippen MR) is 129 cm³/mol. The maximum atomic E-state index is 12.9. The zero-order chi connectivity index (χ0) is 23.9. The molecule has 0 radical (unpaired) electrons. The fourth-order valence-corrected chi connectivity index (χ4v) is 4.53. The number of carboxylic acids is 1. The zero-order valence-electron chi connectivity index (χ0n) is 18.0. The van der Waals surface area contributed by atoms with Crippen molar-refractivity contribution in [2.75, 3.05) is 6.61 Å². The molecule has 0 fully saturated rings. The Hall–Kier alpha value is -3.65. The van der Waals surface area contributed by atoms with Crippen molar-refractivity contribution in [1.29, 1.82) is 0 Å². The number of carboxylic acid groups (broad SMARTS) is 1. The van der Waals surface area contributed by atoms with Crippen LogP contribution in [0, 0.1) is 13.8 Å². The van der Waals surface area contributed by atoms with Crippen molar-refractivity contribution < 1.29 is 24.2 Å². The van der Waals surface area contributed by atoms with Gasteiger partial charge in [-0.15, -0.1) is 0 Å². The number of ether oxygens (including phenoxy) is 1. The first-order valence-electron chi connectivity index (χ1n) is 10.2. The summed E-state index contributed by atoms with van der Waals surface area (Å²) in [7, 11) is 0. The van der Waals surface area contributed by atoms with Crippen LogP contribution in [0.2, 0.25) is 0 Å². The number of aryl methyl sites for hydroxylation is 1. The van der Waals surface area contributed by atoms with Crippen molar-refractivity contribution in [1.82, 2.24) is 4.57 Å². The number of carbonyl (C=O) groups excluding carboxylic acids is 2. The summed E-state index contributed by atoms with van der Waals surface area (Å²) in [5, 5.41) is 11.0. The van der Waals surface area contributed by atoms with Gasteiger partial charge in [0.2, 0.25) is 0 Å². The Bertz CT molecular complexity index is 1450. The number of amides is 1. The van der Waals surface area contributed by atoms with E-state index in [4.69, 9.17) is 10.5 Å². The molecule has 0 aliphatic carbocycles. The highest BCUT2D eigenvalue weighted by atomic mass is 79.9. The van der Waals surface area contributed by atoms with Gasteiger partial charge in [-0.05, 0) is 36.4 Å². The molecule has 3 N–H and O–H groups in total. The van der Waals surface area contributed by atoms with E-state index in [1.165, 1.54) is 0 Å². The van der Waals surface area contributed by atoms with Crippen LogP contribution in [0.5, 0.6) is 5.75 Å². The Morgan fingerprint density at radius 3 is 2.52 bits per heavy atom. The van der Waals surface area contributed by atoms with Crippen LogP contribution >= 0.6 is 15.9 Å². The van der Waals surface area contributed by atoms with E-state index in [0.29, 0.717) is 28.5 Å². The molecule has 4 rings (SSSR count). The molecule has 0 aliphatic heterocycles. The van der Waals surface area contributed by atoms with Crippen LogP contribution in [-0.2, 0) is 16.1 Å². The smallest absolute Gasteiger partial charge is 0.341 e. The number of primary amides is 1. The maximum Gasteiger partial charge on any atom is 0.341 e. The quantitative estimate of drug-likeness (QED) is 0.284. The summed E-state index contributed by atoms with van der Waals surface area (Å²) in [5.74, 6) is -2.86. The van der Waals surface area contributed by atoms with E-state index in [2.05, 4.69) is 15.9 Å². The third-order valence-electron chi connectivity index (χ3n) is 5.68. The molecule has 4 aromatic rings. The lowest BCUT2D eigenvalue weighted by Crippen LogP contribution is -2.24. The third-order valence-corrected chi connectivity index (χ3v) is 6.81. The summed E-state index contributed by atoms with van der Waals surface area (Å²) in [4.78, 5) is 36.1. The second-order valence-electron chi connectivity index (χ2n) is 7.79. The summed E-state index contributed by atoms with van der Waals surface area (Å²) in [6.07, 6.45) is 0. The van der Waals surface area contributed by atoms with Gasteiger partial charge in [-0.25, -0.2) is 4.79 Å². The topological polar surface area (TPSA) is 112 Å². The van der Waals surface area contributed by atoms with Gasteiger partial charge < -0.3 is 20.1 Å². The molecule has 1 amide bonds. The Morgan fingerprint density at radius 1 is 1.09 bits per heavy atom. The van der Waals surface area contributed by atoms with Crippen molar-refractivity contribution in [2.24, 2.45) is 5.73 Å². The van der Waals surface area contributed by atoms with E-state index in [-0.39, 0.29) is 11.3 Å². The molecule has 8 heteroatoms. The second kappa shape index (κ2) is 8.71. The molecule has 33 heavy (non-hydrogen) atoms. The van der Waals surface area contributed by atoms with E-state index in [1.807, 2.05) is 47.9 Å². The number of ketones is 1. The number of hydrogen-bond donors (Lipinski definition) is 2. The summed E-state index contributed by atoms with van der Waals surface area (Å²) in [5.41, 5.74) is 8.72. The van der Waals surface area contributed by atoms with Crippen molar-refractivity contribution in [3.8, 4) is 5.75 Å². The van der Waals surface area contributed by atoms with Gasteiger partial charge in [0, 0.05) is 22.1 Å². The van der Waals surface area contributed by atoms with Gasteiger partial charge in [0.25, 0.3) is 11.7 Å². The highest BCUT2D eigenvalue weighted by Crippen LogP contribution is 2.40. The lowest BCUT2D eigenvalue weighted by molar-refractivity contribution is -0.139. The molecule has 0 bridgehead atoms. The average molecular weight is 509 g/mol. The van der Waals surface area contributed by atoms with Gasteiger partial charge in [0.1, 0.15) is 5.75 Å². The minimum Gasteiger partial charge on any atom is -0.481 e. The van der Waals surface area contributed by atoms with Crippen LogP contribution in [0.3, 0.4) is 0 Å². The zero-order valence-corrected chi connectivity index (χ0v) is 19.6. The van der Waals surface area contributed by atoms with Gasteiger partial charge >= 0.3 is 5.97 Å². The van der Waals surface area contributed by atoms with Gasteiger partial charge in [-0.3, -0.25) is 9.59 Å². The molecule has 168 valence electrons. The predicted octanol–water partition coefficient (Wildman–Crippen LogP) is 4.35. The summed E-state index contributed by atoms with van der Waals surface area (Å²) < 4.78 is 8.56. The molecular formula is C25H21BrN2O5.